The van der Waals surface area contributed by atoms with E-state index in [2.05, 4.69) is 34.6 Å². The van der Waals surface area contributed by atoms with E-state index in [4.69, 9.17) is 0 Å². The highest BCUT2D eigenvalue weighted by molar-refractivity contribution is 5.09. The maximum absolute atomic E-state index is 4.48. The van der Waals surface area contributed by atoms with Gasteiger partial charge in [-0.15, -0.1) is 0 Å². The summed E-state index contributed by atoms with van der Waals surface area (Å²) in [5.74, 6) is 0.815. The molecule has 0 aliphatic heterocycles. The maximum atomic E-state index is 4.48. The fraction of sp³-hybridized carbons (Fsp3) is 0.500. The van der Waals surface area contributed by atoms with Gasteiger partial charge in [0, 0.05) is 12.2 Å². The average molecular weight is 216 g/mol. The van der Waals surface area contributed by atoms with Crippen molar-refractivity contribution in [1.82, 2.24) is 10.3 Å². The summed E-state index contributed by atoms with van der Waals surface area (Å²) in [5, 5.41) is 3.50. The molecule has 2 nitrogen and oxygen atoms in total. The second kappa shape index (κ2) is 5.80. The first kappa shape index (κ1) is 11.3. The summed E-state index contributed by atoms with van der Waals surface area (Å²) in [7, 11) is 0. The summed E-state index contributed by atoms with van der Waals surface area (Å²) in [4.78, 5) is 4.48. The van der Waals surface area contributed by atoms with Crippen LogP contribution in [0, 0.1) is 12.8 Å². The van der Waals surface area contributed by atoms with Crippen molar-refractivity contribution in [2.75, 3.05) is 6.54 Å². The average Bonchev–Trinajstić information content (AvgIpc) is 2.30. The predicted molar refractivity (Wildman–Crippen MR) is 67.2 cm³/mol. The van der Waals surface area contributed by atoms with E-state index in [9.17, 15) is 0 Å². The molecule has 0 saturated heterocycles. The fourth-order valence-electron chi connectivity index (χ4n) is 2.14. The van der Waals surface area contributed by atoms with Gasteiger partial charge in [0.25, 0.3) is 0 Å². The minimum Gasteiger partial charge on any atom is -0.311 e. The van der Waals surface area contributed by atoms with E-state index < -0.39 is 0 Å². The largest absolute Gasteiger partial charge is 0.311 e. The highest BCUT2D eigenvalue weighted by Crippen LogP contribution is 2.16. The second-order valence-corrected chi connectivity index (χ2v) is 4.55. The Morgan fingerprint density at radius 2 is 2.31 bits per heavy atom. The molecule has 86 valence electrons. The summed E-state index contributed by atoms with van der Waals surface area (Å²) in [5.41, 5.74) is 2.24. The van der Waals surface area contributed by atoms with E-state index in [-0.39, 0.29) is 0 Å². The molecule has 1 heterocycles. The third-order valence-corrected chi connectivity index (χ3v) is 3.06. The first-order chi connectivity index (χ1) is 7.84. The van der Waals surface area contributed by atoms with Crippen molar-refractivity contribution < 1.29 is 0 Å². The number of hydrogen-bond acceptors (Lipinski definition) is 2. The zero-order chi connectivity index (χ0) is 11.2. The molecule has 0 radical (unpaired) electrons. The van der Waals surface area contributed by atoms with Crippen molar-refractivity contribution in [3.8, 4) is 0 Å². The van der Waals surface area contributed by atoms with Crippen LogP contribution < -0.4 is 5.32 Å². The molecule has 1 N–H and O–H groups in total. The molecule has 0 fully saturated rings. The summed E-state index contributed by atoms with van der Waals surface area (Å²) in [6.07, 6.45) is 8.40. The Balaban J connectivity index is 1.73. The van der Waals surface area contributed by atoms with Crippen LogP contribution in [0.4, 0.5) is 0 Å². The molecule has 1 aliphatic carbocycles. The van der Waals surface area contributed by atoms with Crippen molar-refractivity contribution >= 4 is 0 Å². The molecule has 1 atom stereocenters. The van der Waals surface area contributed by atoms with Crippen molar-refractivity contribution in [2.24, 2.45) is 5.92 Å². The highest BCUT2D eigenvalue weighted by atomic mass is 14.9. The molecule has 0 aromatic carbocycles. The van der Waals surface area contributed by atoms with Gasteiger partial charge in [0.2, 0.25) is 0 Å². The van der Waals surface area contributed by atoms with Crippen LogP contribution in [0.25, 0.3) is 0 Å². The smallest absolute Gasteiger partial charge is 0.0544 e. The number of pyridine rings is 1. The van der Waals surface area contributed by atoms with E-state index in [0.717, 1.165) is 30.4 Å². The molecule has 1 aliphatic rings. The van der Waals surface area contributed by atoms with Gasteiger partial charge in [-0.25, -0.2) is 0 Å². The minimum atomic E-state index is 0.815. The lowest BCUT2D eigenvalue weighted by Crippen LogP contribution is -2.23. The highest BCUT2D eigenvalue weighted by Gasteiger charge is 2.08. The monoisotopic (exact) mass is 216 g/mol. The molecule has 16 heavy (non-hydrogen) atoms. The molecule has 2 rings (SSSR count). The van der Waals surface area contributed by atoms with Crippen LogP contribution in [-0.4, -0.2) is 11.5 Å². The van der Waals surface area contributed by atoms with Crippen LogP contribution in [-0.2, 0) is 6.54 Å². The van der Waals surface area contributed by atoms with Gasteiger partial charge in [0.05, 0.1) is 5.69 Å². The summed E-state index contributed by atoms with van der Waals surface area (Å²) in [6.45, 7) is 4.04. The number of aromatic nitrogens is 1. The van der Waals surface area contributed by atoms with Crippen molar-refractivity contribution in [3.05, 3.63) is 41.7 Å². The molecule has 1 aromatic heterocycles. The van der Waals surface area contributed by atoms with Gasteiger partial charge in [-0.2, -0.15) is 0 Å². The number of rotatable bonds is 4. The van der Waals surface area contributed by atoms with Crippen LogP contribution >= 0.6 is 0 Å². The fourth-order valence-corrected chi connectivity index (χ4v) is 2.14. The van der Waals surface area contributed by atoms with Crippen molar-refractivity contribution in [1.29, 1.82) is 0 Å². The normalized spacial score (nSPS) is 19.9. The van der Waals surface area contributed by atoms with Gasteiger partial charge in [-0.1, -0.05) is 18.2 Å². The Bertz CT molecular complexity index is 358. The predicted octanol–water partition coefficient (Wildman–Crippen LogP) is 2.84. The molecular formula is C14H20N2. The molecule has 1 unspecified atom stereocenters. The topological polar surface area (TPSA) is 24.9 Å². The standard InChI is InChI=1S/C14H20N2/c1-12-6-5-9-14(16-12)11-15-10-13-7-3-2-4-8-13/h2-3,5-6,9,13,15H,4,7-8,10-11H2,1H3. The lowest BCUT2D eigenvalue weighted by molar-refractivity contribution is 0.439. The van der Waals surface area contributed by atoms with Gasteiger partial charge in [0.15, 0.2) is 0 Å². The number of allylic oxidation sites excluding steroid dienone is 2. The van der Waals surface area contributed by atoms with Crippen LogP contribution in [0.2, 0.25) is 0 Å². The Morgan fingerprint density at radius 1 is 1.38 bits per heavy atom. The first-order valence-corrected chi connectivity index (χ1v) is 6.13. The Morgan fingerprint density at radius 3 is 3.06 bits per heavy atom. The molecule has 0 saturated carbocycles. The lowest BCUT2D eigenvalue weighted by Gasteiger charge is -2.18. The lowest BCUT2D eigenvalue weighted by atomic mass is 9.94. The number of hydrogen-bond donors (Lipinski definition) is 1. The van der Waals surface area contributed by atoms with E-state index in [0.29, 0.717) is 0 Å². The quantitative estimate of drug-likeness (QED) is 0.783. The molecule has 0 bridgehead atoms. The Labute approximate surface area is 97.8 Å². The molecule has 1 aromatic rings. The van der Waals surface area contributed by atoms with Gasteiger partial charge in [-0.3, -0.25) is 4.98 Å². The van der Waals surface area contributed by atoms with Crippen LogP contribution in [0.3, 0.4) is 0 Å². The number of nitrogens with zero attached hydrogens (tertiary/aromatic N) is 1. The molecule has 0 amide bonds. The zero-order valence-electron chi connectivity index (χ0n) is 9.95. The van der Waals surface area contributed by atoms with Gasteiger partial charge >= 0.3 is 0 Å². The van der Waals surface area contributed by atoms with E-state index in [1.165, 1.54) is 19.3 Å². The van der Waals surface area contributed by atoms with E-state index >= 15 is 0 Å². The molecular weight excluding hydrogens is 196 g/mol. The Kier molecular flexibility index (Phi) is 4.11. The van der Waals surface area contributed by atoms with Gasteiger partial charge in [-0.05, 0) is 50.8 Å². The van der Waals surface area contributed by atoms with Crippen molar-refractivity contribution in [3.63, 3.8) is 0 Å². The SMILES string of the molecule is Cc1cccc(CNCC2CC=CCC2)n1. The third-order valence-electron chi connectivity index (χ3n) is 3.06. The maximum Gasteiger partial charge on any atom is 0.0544 e. The summed E-state index contributed by atoms with van der Waals surface area (Å²) < 4.78 is 0. The number of aryl methyl sites for hydroxylation is 1. The van der Waals surface area contributed by atoms with Crippen LogP contribution in [0.1, 0.15) is 30.7 Å². The summed E-state index contributed by atoms with van der Waals surface area (Å²) in [6, 6.07) is 6.19. The first-order valence-electron chi connectivity index (χ1n) is 6.13. The van der Waals surface area contributed by atoms with E-state index in [1.54, 1.807) is 0 Å². The van der Waals surface area contributed by atoms with Crippen LogP contribution in [0.5, 0.6) is 0 Å². The van der Waals surface area contributed by atoms with Gasteiger partial charge < -0.3 is 5.32 Å². The zero-order valence-corrected chi connectivity index (χ0v) is 9.95. The minimum absolute atomic E-state index is 0.815. The third kappa shape index (κ3) is 3.46. The second-order valence-electron chi connectivity index (χ2n) is 4.55. The van der Waals surface area contributed by atoms with E-state index in [1.807, 2.05) is 13.0 Å². The van der Waals surface area contributed by atoms with Crippen molar-refractivity contribution in [2.45, 2.75) is 32.7 Å². The molecule has 2 heteroatoms. The number of nitrogens with one attached hydrogen (secondary N) is 1. The van der Waals surface area contributed by atoms with Gasteiger partial charge in [0.1, 0.15) is 0 Å². The van der Waals surface area contributed by atoms with Crippen LogP contribution in [0.15, 0.2) is 30.4 Å². The summed E-state index contributed by atoms with van der Waals surface area (Å²) >= 11 is 0. The molecule has 0 spiro atoms. The Hall–Kier alpha value is -1.15.